The first-order chi connectivity index (χ1) is 14.1. The van der Waals surface area contributed by atoms with Crippen LogP contribution in [0.15, 0.2) is 66.7 Å². The number of aryl methyl sites for hydroxylation is 1. The molecule has 29 heavy (non-hydrogen) atoms. The molecule has 1 N–H and O–H groups in total. The van der Waals surface area contributed by atoms with Crippen LogP contribution in [0.5, 0.6) is 5.88 Å². The molecular formula is C22H18N4O2S. The second-order valence-electron chi connectivity index (χ2n) is 6.30. The molecule has 2 heterocycles. The van der Waals surface area contributed by atoms with E-state index in [2.05, 4.69) is 20.5 Å². The van der Waals surface area contributed by atoms with Crippen LogP contribution in [-0.2, 0) is 0 Å². The van der Waals surface area contributed by atoms with Gasteiger partial charge in [0.25, 0.3) is 5.91 Å². The van der Waals surface area contributed by atoms with E-state index in [1.54, 1.807) is 13.2 Å². The first-order valence-corrected chi connectivity index (χ1v) is 9.78. The van der Waals surface area contributed by atoms with Crippen LogP contribution in [0.2, 0.25) is 0 Å². The number of carbonyl (C=O) groups excluding carboxylic acids is 1. The van der Waals surface area contributed by atoms with E-state index < -0.39 is 0 Å². The maximum atomic E-state index is 12.8. The minimum Gasteiger partial charge on any atom is -0.480 e. The topological polar surface area (TPSA) is 77.0 Å². The van der Waals surface area contributed by atoms with Crippen LogP contribution in [0.3, 0.4) is 0 Å². The Kier molecular flexibility index (Phi) is 5.31. The highest BCUT2D eigenvalue weighted by Crippen LogP contribution is 2.29. The van der Waals surface area contributed by atoms with Crippen molar-refractivity contribution in [2.75, 3.05) is 12.4 Å². The number of anilines is 1. The number of methoxy groups -OCH3 is 1. The van der Waals surface area contributed by atoms with Crippen LogP contribution in [0, 0.1) is 6.92 Å². The van der Waals surface area contributed by atoms with E-state index in [-0.39, 0.29) is 5.91 Å². The summed E-state index contributed by atoms with van der Waals surface area (Å²) in [5.41, 5.74) is 3.94. The lowest BCUT2D eigenvalue weighted by atomic mass is 10.1. The molecule has 0 bridgehead atoms. The van der Waals surface area contributed by atoms with Gasteiger partial charge in [0, 0.05) is 22.9 Å². The van der Waals surface area contributed by atoms with E-state index in [0.29, 0.717) is 27.8 Å². The zero-order valence-corrected chi connectivity index (χ0v) is 16.7. The van der Waals surface area contributed by atoms with Gasteiger partial charge in [-0.05, 0) is 25.1 Å². The van der Waals surface area contributed by atoms with Gasteiger partial charge in [-0.15, -0.1) is 21.5 Å². The number of thiazole rings is 1. The third-order valence-electron chi connectivity index (χ3n) is 4.29. The van der Waals surface area contributed by atoms with E-state index in [4.69, 9.17) is 4.74 Å². The fourth-order valence-electron chi connectivity index (χ4n) is 2.84. The lowest BCUT2D eigenvalue weighted by Gasteiger charge is -2.07. The van der Waals surface area contributed by atoms with Crippen molar-refractivity contribution in [3.8, 4) is 27.7 Å². The molecule has 0 aliphatic heterocycles. The Bertz CT molecular complexity index is 1140. The highest BCUT2D eigenvalue weighted by Gasteiger charge is 2.16. The smallest absolute Gasteiger partial charge is 0.267 e. The molecule has 0 radical (unpaired) electrons. The molecule has 2 aromatic carbocycles. The minimum atomic E-state index is -0.180. The fourth-order valence-corrected chi connectivity index (χ4v) is 3.81. The molecular weight excluding hydrogens is 384 g/mol. The number of hydrogen-bond acceptors (Lipinski definition) is 6. The zero-order chi connectivity index (χ0) is 20.2. The van der Waals surface area contributed by atoms with Gasteiger partial charge in [-0.1, -0.05) is 42.5 Å². The van der Waals surface area contributed by atoms with Gasteiger partial charge in [-0.3, -0.25) is 4.79 Å². The van der Waals surface area contributed by atoms with Gasteiger partial charge in [-0.25, -0.2) is 4.98 Å². The molecule has 0 saturated carbocycles. The van der Waals surface area contributed by atoms with Gasteiger partial charge in [-0.2, -0.15) is 0 Å². The number of carbonyl (C=O) groups is 1. The Hall–Kier alpha value is -3.58. The highest BCUT2D eigenvalue weighted by atomic mass is 32.1. The Morgan fingerprint density at radius 1 is 0.966 bits per heavy atom. The summed E-state index contributed by atoms with van der Waals surface area (Å²) < 4.78 is 5.04. The molecule has 0 aliphatic rings. The minimum absolute atomic E-state index is 0.180. The Morgan fingerprint density at radius 2 is 1.76 bits per heavy atom. The lowest BCUT2D eigenvalue weighted by molar-refractivity contribution is 0.103. The van der Waals surface area contributed by atoms with Crippen LogP contribution in [0.4, 0.5) is 5.69 Å². The molecule has 4 rings (SSSR count). The normalized spacial score (nSPS) is 10.6. The van der Waals surface area contributed by atoms with Crippen molar-refractivity contribution in [1.82, 2.24) is 15.2 Å². The van der Waals surface area contributed by atoms with Crippen molar-refractivity contribution >= 4 is 22.9 Å². The average molecular weight is 402 g/mol. The maximum Gasteiger partial charge on any atom is 0.267 e. The first kappa shape index (κ1) is 18.8. The van der Waals surface area contributed by atoms with Gasteiger partial charge in [0.2, 0.25) is 5.88 Å². The first-order valence-electron chi connectivity index (χ1n) is 8.96. The molecule has 6 nitrogen and oxygen atoms in total. The van der Waals surface area contributed by atoms with Crippen LogP contribution < -0.4 is 10.1 Å². The van der Waals surface area contributed by atoms with Crippen molar-refractivity contribution in [2.45, 2.75) is 6.92 Å². The van der Waals surface area contributed by atoms with Gasteiger partial charge in [0.05, 0.1) is 18.5 Å². The third kappa shape index (κ3) is 4.14. The molecule has 0 fully saturated rings. The molecule has 4 aromatic rings. The molecule has 0 spiro atoms. The standard InChI is InChI=1S/C22H18N4O2S/c1-14-20(29-22(23-14)15-7-4-3-5-8-15)21(27)24-17-10-6-9-16(13-17)18-11-12-19(28-2)26-25-18/h3-13H,1-2H3,(H,24,27). The number of aromatic nitrogens is 3. The predicted molar refractivity (Wildman–Crippen MR) is 114 cm³/mol. The molecule has 0 aliphatic carbocycles. The number of nitrogens with one attached hydrogen (secondary N) is 1. The lowest BCUT2D eigenvalue weighted by Crippen LogP contribution is -2.11. The quantitative estimate of drug-likeness (QED) is 0.517. The van der Waals surface area contributed by atoms with Gasteiger partial charge >= 0.3 is 0 Å². The molecule has 2 aromatic heterocycles. The summed E-state index contributed by atoms with van der Waals surface area (Å²) in [5.74, 6) is 0.272. The Balaban J connectivity index is 1.55. The van der Waals surface area contributed by atoms with E-state index >= 15 is 0 Å². The summed E-state index contributed by atoms with van der Waals surface area (Å²) in [7, 11) is 1.55. The monoisotopic (exact) mass is 402 g/mol. The zero-order valence-electron chi connectivity index (χ0n) is 15.9. The van der Waals surface area contributed by atoms with Crippen molar-refractivity contribution in [3.63, 3.8) is 0 Å². The van der Waals surface area contributed by atoms with Crippen LogP contribution >= 0.6 is 11.3 Å². The van der Waals surface area contributed by atoms with Crippen LogP contribution in [-0.4, -0.2) is 28.2 Å². The second-order valence-corrected chi connectivity index (χ2v) is 7.29. The second kappa shape index (κ2) is 8.20. The van der Waals surface area contributed by atoms with Crippen LogP contribution in [0.1, 0.15) is 15.4 Å². The summed E-state index contributed by atoms with van der Waals surface area (Å²) in [6, 6.07) is 20.9. The summed E-state index contributed by atoms with van der Waals surface area (Å²) >= 11 is 1.39. The fraction of sp³-hybridized carbons (Fsp3) is 0.0909. The number of hydrogen-bond donors (Lipinski definition) is 1. The van der Waals surface area contributed by atoms with Gasteiger partial charge < -0.3 is 10.1 Å². The summed E-state index contributed by atoms with van der Waals surface area (Å²) in [6.45, 7) is 1.85. The van der Waals surface area contributed by atoms with E-state index in [1.807, 2.05) is 67.6 Å². The van der Waals surface area contributed by atoms with Crippen molar-refractivity contribution < 1.29 is 9.53 Å². The molecule has 1 amide bonds. The van der Waals surface area contributed by atoms with Crippen molar-refractivity contribution in [1.29, 1.82) is 0 Å². The third-order valence-corrected chi connectivity index (χ3v) is 5.49. The number of rotatable bonds is 5. The molecule has 0 saturated heterocycles. The van der Waals surface area contributed by atoms with Crippen molar-refractivity contribution in [2.24, 2.45) is 0 Å². The van der Waals surface area contributed by atoms with Crippen molar-refractivity contribution in [3.05, 3.63) is 77.3 Å². The summed E-state index contributed by atoms with van der Waals surface area (Å²) in [4.78, 5) is 18.0. The number of ether oxygens (including phenoxy) is 1. The number of benzene rings is 2. The SMILES string of the molecule is COc1ccc(-c2cccc(NC(=O)c3sc(-c4ccccc4)nc3C)c2)nn1. The largest absolute Gasteiger partial charge is 0.480 e. The highest BCUT2D eigenvalue weighted by molar-refractivity contribution is 7.17. The number of nitrogens with zero attached hydrogens (tertiary/aromatic N) is 3. The molecule has 0 unspecified atom stereocenters. The van der Waals surface area contributed by atoms with Crippen LogP contribution in [0.25, 0.3) is 21.8 Å². The van der Waals surface area contributed by atoms with E-state index in [0.717, 1.165) is 16.1 Å². The molecule has 0 atom stereocenters. The van der Waals surface area contributed by atoms with Gasteiger partial charge in [0.1, 0.15) is 9.88 Å². The van der Waals surface area contributed by atoms with Gasteiger partial charge in [0.15, 0.2) is 0 Å². The van der Waals surface area contributed by atoms with E-state index in [9.17, 15) is 4.79 Å². The Labute approximate surface area is 172 Å². The molecule has 7 heteroatoms. The number of amides is 1. The summed E-state index contributed by atoms with van der Waals surface area (Å²) in [6.07, 6.45) is 0. The summed E-state index contributed by atoms with van der Waals surface area (Å²) in [5, 5.41) is 11.9. The van der Waals surface area contributed by atoms with E-state index in [1.165, 1.54) is 11.3 Å². The molecule has 144 valence electrons. The maximum absolute atomic E-state index is 12.8. The Morgan fingerprint density at radius 3 is 2.48 bits per heavy atom. The predicted octanol–water partition coefficient (Wildman–Crippen LogP) is 4.84. The average Bonchev–Trinajstić information content (AvgIpc) is 3.16.